The van der Waals surface area contributed by atoms with Crippen molar-refractivity contribution in [3.8, 4) is 5.75 Å². The molecule has 0 atom stereocenters. The van der Waals surface area contributed by atoms with E-state index in [0.717, 1.165) is 44.2 Å². The average molecular weight is 429 g/mol. The van der Waals surface area contributed by atoms with Crippen molar-refractivity contribution in [2.45, 2.75) is 18.3 Å². The molecule has 166 valence electrons. The van der Waals surface area contributed by atoms with Gasteiger partial charge in [-0.05, 0) is 54.8 Å². The minimum atomic E-state index is -0.723. The molecule has 0 aromatic heterocycles. The van der Waals surface area contributed by atoms with E-state index in [9.17, 15) is 9.18 Å². The third-order valence-electron chi connectivity index (χ3n) is 6.07. The number of amides is 1. The molecule has 2 saturated heterocycles. The van der Waals surface area contributed by atoms with Crippen LogP contribution in [0.25, 0.3) is 0 Å². The topological polar surface area (TPSA) is 60.0 Å². The van der Waals surface area contributed by atoms with Crippen LogP contribution in [0.4, 0.5) is 10.1 Å². The highest BCUT2D eigenvalue weighted by molar-refractivity contribution is 5.99. The molecule has 7 heteroatoms. The Balaban J connectivity index is 1.36. The number of halogens is 1. The van der Waals surface area contributed by atoms with E-state index in [0.29, 0.717) is 38.3 Å². The summed E-state index contributed by atoms with van der Waals surface area (Å²) in [6.45, 7) is 5.91. The molecule has 0 spiro atoms. The van der Waals surface area contributed by atoms with E-state index in [4.69, 9.17) is 14.2 Å². The predicted molar refractivity (Wildman–Crippen MR) is 116 cm³/mol. The van der Waals surface area contributed by atoms with E-state index in [1.807, 2.05) is 24.3 Å². The van der Waals surface area contributed by atoms with Gasteiger partial charge in [0, 0.05) is 38.5 Å². The van der Waals surface area contributed by atoms with Gasteiger partial charge in [0.1, 0.15) is 18.2 Å². The fourth-order valence-electron chi connectivity index (χ4n) is 4.14. The number of carbonyl (C=O) groups is 1. The van der Waals surface area contributed by atoms with Gasteiger partial charge in [-0.15, -0.1) is 0 Å². The number of nitrogens with one attached hydrogen (secondary N) is 1. The summed E-state index contributed by atoms with van der Waals surface area (Å²) >= 11 is 0. The molecule has 1 N–H and O–H groups in total. The lowest BCUT2D eigenvalue weighted by atomic mass is 9.73. The normalized spacial score (nSPS) is 19.0. The molecule has 1 amide bonds. The highest BCUT2D eigenvalue weighted by Crippen LogP contribution is 2.36. The molecular formula is C24H29FN2O4. The van der Waals surface area contributed by atoms with Crippen LogP contribution in [0.15, 0.2) is 48.5 Å². The average Bonchev–Trinajstić information content (AvgIpc) is 2.82. The van der Waals surface area contributed by atoms with Crippen molar-refractivity contribution in [1.29, 1.82) is 0 Å². The maximum absolute atomic E-state index is 13.4. The van der Waals surface area contributed by atoms with Crippen molar-refractivity contribution in [2.24, 2.45) is 0 Å². The number of morpholine rings is 1. The van der Waals surface area contributed by atoms with E-state index in [1.54, 1.807) is 12.1 Å². The van der Waals surface area contributed by atoms with Crippen molar-refractivity contribution in [1.82, 2.24) is 4.90 Å². The number of ether oxygens (including phenoxy) is 3. The second-order valence-corrected chi connectivity index (χ2v) is 7.98. The third kappa shape index (κ3) is 5.42. The first-order valence-corrected chi connectivity index (χ1v) is 10.8. The smallest absolute Gasteiger partial charge is 0.235 e. The summed E-state index contributed by atoms with van der Waals surface area (Å²) < 4.78 is 30.1. The fraction of sp³-hybridized carbons (Fsp3) is 0.458. The van der Waals surface area contributed by atoms with Gasteiger partial charge in [0.05, 0.1) is 18.6 Å². The van der Waals surface area contributed by atoms with Gasteiger partial charge in [0.15, 0.2) is 0 Å². The van der Waals surface area contributed by atoms with Gasteiger partial charge in [-0.25, -0.2) is 4.39 Å². The van der Waals surface area contributed by atoms with Gasteiger partial charge in [0.2, 0.25) is 5.91 Å². The molecule has 2 aliphatic heterocycles. The van der Waals surface area contributed by atoms with Gasteiger partial charge >= 0.3 is 0 Å². The molecular weight excluding hydrogens is 399 g/mol. The number of nitrogens with zero attached hydrogens (tertiary/aromatic N) is 1. The summed E-state index contributed by atoms with van der Waals surface area (Å²) in [4.78, 5) is 15.6. The number of carbonyl (C=O) groups excluding carboxylic acids is 1. The van der Waals surface area contributed by atoms with Crippen molar-refractivity contribution < 1.29 is 23.4 Å². The van der Waals surface area contributed by atoms with Crippen LogP contribution in [-0.4, -0.2) is 63.5 Å². The van der Waals surface area contributed by atoms with E-state index in [1.165, 1.54) is 12.1 Å². The first-order valence-electron chi connectivity index (χ1n) is 10.8. The van der Waals surface area contributed by atoms with Crippen LogP contribution in [-0.2, 0) is 19.7 Å². The molecule has 0 aliphatic carbocycles. The predicted octanol–water partition coefficient (Wildman–Crippen LogP) is 3.22. The summed E-state index contributed by atoms with van der Waals surface area (Å²) in [6, 6.07) is 13.6. The zero-order valence-corrected chi connectivity index (χ0v) is 17.6. The monoisotopic (exact) mass is 428 g/mol. The minimum Gasteiger partial charge on any atom is -0.492 e. The van der Waals surface area contributed by atoms with Crippen LogP contribution in [0.1, 0.15) is 18.4 Å². The Morgan fingerprint density at radius 2 is 1.61 bits per heavy atom. The van der Waals surface area contributed by atoms with Gasteiger partial charge in [-0.3, -0.25) is 9.69 Å². The lowest BCUT2D eigenvalue weighted by molar-refractivity contribution is -0.125. The van der Waals surface area contributed by atoms with Gasteiger partial charge in [-0.1, -0.05) is 12.1 Å². The van der Waals surface area contributed by atoms with E-state index >= 15 is 0 Å². The summed E-state index contributed by atoms with van der Waals surface area (Å²) in [5, 5.41) is 3.03. The summed E-state index contributed by atoms with van der Waals surface area (Å²) in [5.41, 5.74) is 0.801. The highest BCUT2D eigenvalue weighted by atomic mass is 19.1. The molecule has 0 saturated carbocycles. The molecule has 2 fully saturated rings. The maximum Gasteiger partial charge on any atom is 0.235 e. The lowest BCUT2D eigenvalue weighted by Gasteiger charge is -2.36. The Morgan fingerprint density at radius 3 is 2.29 bits per heavy atom. The van der Waals surface area contributed by atoms with Crippen LogP contribution in [0.2, 0.25) is 0 Å². The molecule has 0 bridgehead atoms. The van der Waals surface area contributed by atoms with Crippen molar-refractivity contribution in [3.63, 3.8) is 0 Å². The van der Waals surface area contributed by atoms with Crippen LogP contribution >= 0.6 is 0 Å². The van der Waals surface area contributed by atoms with Gasteiger partial charge in [0.25, 0.3) is 0 Å². The maximum atomic E-state index is 13.4. The molecule has 2 aliphatic rings. The second-order valence-electron chi connectivity index (χ2n) is 7.98. The van der Waals surface area contributed by atoms with E-state index < -0.39 is 5.41 Å². The molecule has 2 aromatic carbocycles. The van der Waals surface area contributed by atoms with Crippen LogP contribution in [0, 0.1) is 5.82 Å². The number of hydrogen-bond donors (Lipinski definition) is 1. The largest absolute Gasteiger partial charge is 0.492 e. The molecule has 4 rings (SSSR count). The van der Waals surface area contributed by atoms with Crippen molar-refractivity contribution >= 4 is 11.6 Å². The second kappa shape index (κ2) is 10.2. The quantitative estimate of drug-likeness (QED) is 0.734. The summed E-state index contributed by atoms with van der Waals surface area (Å²) in [7, 11) is 0. The number of rotatable bonds is 7. The molecule has 31 heavy (non-hydrogen) atoms. The molecule has 2 heterocycles. The first kappa shape index (κ1) is 21.7. The van der Waals surface area contributed by atoms with Crippen LogP contribution in [0.3, 0.4) is 0 Å². The van der Waals surface area contributed by atoms with E-state index in [2.05, 4.69) is 10.2 Å². The van der Waals surface area contributed by atoms with Crippen molar-refractivity contribution in [2.75, 3.05) is 58.0 Å². The zero-order chi connectivity index (χ0) is 21.5. The minimum absolute atomic E-state index is 0.0941. The van der Waals surface area contributed by atoms with Crippen LogP contribution in [0.5, 0.6) is 5.75 Å². The Kier molecular flexibility index (Phi) is 7.17. The zero-order valence-electron chi connectivity index (χ0n) is 17.6. The summed E-state index contributed by atoms with van der Waals surface area (Å²) in [6.07, 6.45) is 1.13. The summed E-state index contributed by atoms with van der Waals surface area (Å²) in [5.74, 6) is 0.365. The van der Waals surface area contributed by atoms with Crippen LogP contribution < -0.4 is 10.1 Å². The SMILES string of the molecule is O=C(Nc1ccc(OCCN2CCOCC2)cc1)C1(c2ccc(F)cc2)CCOCC1. The lowest BCUT2D eigenvalue weighted by Crippen LogP contribution is -2.44. The first-order chi connectivity index (χ1) is 15.2. The Morgan fingerprint density at radius 1 is 0.968 bits per heavy atom. The number of benzene rings is 2. The molecule has 0 unspecified atom stereocenters. The fourth-order valence-corrected chi connectivity index (χ4v) is 4.14. The van der Waals surface area contributed by atoms with Gasteiger partial charge in [-0.2, -0.15) is 0 Å². The Hall–Kier alpha value is -2.48. The molecule has 2 aromatic rings. The Bertz CT molecular complexity index is 845. The molecule has 6 nitrogen and oxygen atoms in total. The molecule has 0 radical (unpaired) electrons. The Labute approximate surface area is 182 Å². The number of hydrogen-bond acceptors (Lipinski definition) is 5. The van der Waals surface area contributed by atoms with E-state index in [-0.39, 0.29) is 11.7 Å². The number of anilines is 1. The van der Waals surface area contributed by atoms with Crippen molar-refractivity contribution in [3.05, 3.63) is 59.9 Å². The standard InChI is InChI=1S/C24H29FN2O4/c25-20-3-1-19(2-4-20)24(9-14-29-15-10-24)23(28)26-21-5-7-22(8-6-21)31-18-13-27-11-16-30-17-12-27/h1-8H,9-18H2,(H,26,28). The highest BCUT2D eigenvalue weighted by Gasteiger charge is 2.41. The third-order valence-corrected chi connectivity index (χ3v) is 6.07. The van der Waals surface area contributed by atoms with Gasteiger partial charge < -0.3 is 19.5 Å².